The minimum Gasteiger partial charge on any atom is -0.383 e. The smallest absolute Gasteiger partial charge is 0.135 e. The van der Waals surface area contributed by atoms with E-state index >= 15 is 0 Å². The molecule has 0 saturated heterocycles. The summed E-state index contributed by atoms with van der Waals surface area (Å²) >= 11 is 2.21. The fourth-order valence-electron chi connectivity index (χ4n) is 2.03. The molecule has 0 radical (unpaired) electrons. The Labute approximate surface area is 114 Å². The molecule has 0 aliphatic heterocycles. The topological polar surface area (TPSA) is 43.8 Å². The molecular formula is C13H14IN3. The number of halogens is 1. The van der Waals surface area contributed by atoms with Crippen LogP contribution in [0.2, 0.25) is 0 Å². The molecule has 88 valence electrons. The third kappa shape index (κ3) is 2.31. The largest absolute Gasteiger partial charge is 0.383 e. The SMILES string of the molecule is Nc1c(I)cnn1Cc1cccc(C2CC2)c1. The van der Waals surface area contributed by atoms with Crippen molar-refractivity contribution in [2.45, 2.75) is 25.3 Å². The number of rotatable bonds is 3. The van der Waals surface area contributed by atoms with Gasteiger partial charge in [0.25, 0.3) is 0 Å². The van der Waals surface area contributed by atoms with Crippen molar-refractivity contribution in [2.75, 3.05) is 5.73 Å². The summed E-state index contributed by atoms with van der Waals surface area (Å²) < 4.78 is 2.87. The first-order valence-electron chi connectivity index (χ1n) is 5.79. The maximum Gasteiger partial charge on any atom is 0.135 e. The van der Waals surface area contributed by atoms with Gasteiger partial charge in [0.05, 0.1) is 16.3 Å². The highest BCUT2D eigenvalue weighted by atomic mass is 127. The van der Waals surface area contributed by atoms with Crippen LogP contribution in [0, 0.1) is 3.57 Å². The average Bonchev–Trinajstić information content (AvgIpc) is 3.13. The van der Waals surface area contributed by atoms with Crippen LogP contribution in [0.5, 0.6) is 0 Å². The third-order valence-electron chi connectivity index (χ3n) is 3.17. The summed E-state index contributed by atoms with van der Waals surface area (Å²) in [7, 11) is 0. The maximum atomic E-state index is 5.95. The molecule has 3 rings (SSSR count). The highest BCUT2D eigenvalue weighted by molar-refractivity contribution is 14.1. The van der Waals surface area contributed by atoms with Gasteiger partial charge in [-0.1, -0.05) is 24.3 Å². The molecular weight excluding hydrogens is 325 g/mol. The predicted octanol–water partition coefficient (Wildman–Crippen LogP) is 3.00. The molecule has 3 nitrogen and oxygen atoms in total. The van der Waals surface area contributed by atoms with Crippen LogP contribution in [0.1, 0.15) is 29.9 Å². The van der Waals surface area contributed by atoms with Gasteiger partial charge in [-0.2, -0.15) is 5.10 Å². The van der Waals surface area contributed by atoms with Gasteiger partial charge in [0.15, 0.2) is 0 Å². The lowest BCUT2D eigenvalue weighted by atomic mass is 10.1. The molecule has 2 N–H and O–H groups in total. The van der Waals surface area contributed by atoms with Crippen molar-refractivity contribution in [3.8, 4) is 0 Å². The van der Waals surface area contributed by atoms with Gasteiger partial charge in [-0.15, -0.1) is 0 Å². The molecule has 0 amide bonds. The summed E-state index contributed by atoms with van der Waals surface area (Å²) in [5, 5.41) is 4.28. The van der Waals surface area contributed by atoms with E-state index < -0.39 is 0 Å². The van der Waals surface area contributed by atoms with Crippen LogP contribution in [0.25, 0.3) is 0 Å². The van der Waals surface area contributed by atoms with Crippen molar-refractivity contribution >= 4 is 28.4 Å². The first kappa shape index (κ1) is 11.1. The minimum absolute atomic E-state index is 0.752. The molecule has 0 bridgehead atoms. The van der Waals surface area contributed by atoms with E-state index in [1.54, 1.807) is 6.20 Å². The average molecular weight is 339 g/mol. The van der Waals surface area contributed by atoms with Crippen molar-refractivity contribution in [2.24, 2.45) is 0 Å². The van der Waals surface area contributed by atoms with E-state index in [4.69, 9.17) is 5.73 Å². The molecule has 1 aromatic carbocycles. The van der Waals surface area contributed by atoms with E-state index in [1.807, 2.05) is 4.68 Å². The van der Waals surface area contributed by atoms with Crippen LogP contribution in [0.15, 0.2) is 30.5 Å². The van der Waals surface area contributed by atoms with Crippen LogP contribution < -0.4 is 5.73 Å². The Morgan fingerprint density at radius 1 is 1.41 bits per heavy atom. The summed E-state index contributed by atoms with van der Waals surface area (Å²) in [6.45, 7) is 0.759. The summed E-state index contributed by atoms with van der Waals surface area (Å²) in [6.07, 6.45) is 4.48. The number of hydrogen-bond donors (Lipinski definition) is 1. The zero-order valence-electron chi connectivity index (χ0n) is 9.44. The van der Waals surface area contributed by atoms with Crippen LogP contribution in [-0.4, -0.2) is 9.78 Å². The Kier molecular flexibility index (Phi) is 2.82. The van der Waals surface area contributed by atoms with Gasteiger partial charge >= 0.3 is 0 Å². The summed E-state index contributed by atoms with van der Waals surface area (Å²) in [5.74, 6) is 1.55. The highest BCUT2D eigenvalue weighted by Gasteiger charge is 2.23. The van der Waals surface area contributed by atoms with Crippen molar-refractivity contribution < 1.29 is 0 Å². The Morgan fingerprint density at radius 2 is 2.24 bits per heavy atom. The van der Waals surface area contributed by atoms with Crippen molar-refractivity contribution in [1.82, 2.24) is 9.78 Å². The minimum atomic E-state index is 0.752. The second-order valence-corrected chi connectivity index (χ2v) is 5.72. The Hall–Kier alpha value is -1.04. The van der Waals surface area contributed by atoms with Gasteiger partial charge in [0.1, 0.15) is 5.82 Å². The van der Waals surface area contributed by atoms with Gasteiger partial charge in [-0.05, 0) is 52.5 Å². The van der Waals surface area contributed by atoms with E-state index in [2.05, 4.69) is 52.0 Å². The molecule has 1 aliphatic rings. The van der Waals surface area contributed by atoms with Crippen LogP contribution in [0.3, 0.4) is 0 Å². The number of anilines is 1. The monoisotopic (exact) mass is 339 g/mol. The quantitative estimate of drug-likeness (QED) is 0.874. The maximum absolute atomic E-state index is 5.95. The fourth-order valence-corrected chi connectivity index (χ4v) is 2.44. The van der Waals surface area contributed by atoms with E-state index in [-0.39, 0.29) is 0 Å². The summed E-state index contributed by atoms with van der Waals surface area (Å²) in [4.78, 5) is 0. The van der Waals surface area contributed by atoms with Crippen LogP contribution >= 0.6 is 22.6 Å². The number of nitrogens with zero attached hydrogens (tertiary/aromatic N) is 2. The molecule has 1 heterocycles. The molecule has 1 fully saturated rings. The molecule has 4 heteroatoms. The molecule has 1 aromatic heterocycles. The van der Waals surface area contributed by atoms with Gasteiger partial charge in [-0.3, -0.25) is 0 Å². The van der Waals surface area contributed by atoms with Gasteiger partial charge in [0.2, 0.25) is 0 Å². The molecule has 1 aliphatic carbocycles. The second-order valence-electron chi connectivity index (χ2n) is 4.55. The highest BCUT2D eigenvalue weighted by Crippen LogP contribution is 2.40. The molecule has 0 unspecified atom stereocenters. The second kappa shape index (κ2) is 4.33. The predicted molar refractivity (Wildman–Crippen MR) is 76.9 cm³/mol. The lowest BCUT2D eigenvalue weighted by molar-refractivity contribution is 0.696. The first-order chi connectivity index (χ1) is 8.24. The number of aromatic nitrogens is 2. The van der Waals surface area contributed by atoms with E-state index in [0.717, 1.165) is 21.9 Å². The normalized spacial score (nSPS) is 15.1. The lowest BCUT2D eigenvalue weighted by Gasteiger charge is -2.06. The van der Waals surface area contributed by atoms with Crippen molar-refractivity contribution in [3.63, 3.8) is 0 Å². The first-order valence-corrected chi connectivity index (χ1v) is 6.87. The van der Waals surface area contributed by atoms with E-state index in [0.29, 0.717) is 0 Å². The number of hydrogen-bond acceptors (Lipinski definition) is 2. The van der Waals surface area contributed by atoms with Gasteiger partial charge in [0, 0.05) is 0 Å². The number of nitrogen functional groups attached to an aromatic ring is 1. The Bertz CT molecular complexity index is 543. The van der Waals surface area contributed by atoms with Crippen molar-refractivity contribution in [1.29, 1.82) is 0 Å². The zero-order valence-corrected chi connectivity index (χ0v) is 11.6. The zero-order chi connectivity index (χ0) is 11.8. The summed E-state index contributed by atoms with van der Waals surface area (Å²) in [5.41, 5.74) is 8.69. The van der Waals surface area contributed by atoms with E-state index in [1.165, 1.54) is 24.0 Å². The molecule has 2 aromatic rings. The molecule has 0 spiro atoms. The molecule has 17 heavy (non-hydrogen) atoms. The Balaban J connectivity index is 1.84. The third-order valence-corrected chi connectivity index (χ3v) is 4.00. The number of nitrogens with two attached hydrogens (primary N) is 1. The standard InChI is InChI=1S/C13H14IN3/c14-12-7-16-17(13(12)15)8-9-2-1-3-11(6-9)10-4-5-10/h1-3,6-7,10H,4-5,8,15H2. The number of benzene rings is 1. The van der Waals surface area contributed by atoms with Crippen molar-refractivity contribution in [3.05, 3.63) is 45.2 Å². The van der Waals surface area contributed by atoms with Crippen LogP contribution in [0.4, 0.5) is 5.82 Å². The van der Waals surface area contributed by atoms with Gasteiger partial charge < -0.3 is 5.73 Å². The molecule has 1 saturated carbocycles. The fraction of sp³-hybridized carbons (Fsp3) is 0.308. The van der Waals surface area contributed by atoms with E-state index in [9.17, 15) is 0 Å². The lowest BCUT2D eigenvalue weighted by Crippen LogP contribution is -2.06. The van der Waals surface area contributed by atoms with Crippen LogP contribution in [-0.2, 0) is 6.54 Å². The van der Waals surface area contributed by atoms with Gasteiger partial charge in [-0.25, -0.2) is 4.68 Å². The summed E-state index contributed by atoms with van der Waals surface area (Å²) in [6, 6.07) is 8.77. The Morgan fingerprint density at radius 3 is 2.88 bits per heavy atom. The molecule has 0 atom stereocenters.